The number of carbonyl (C=O) groups excluding carboxylic acids is 1. The Morgan fingerprint density at radius 1 is 1.33 bits per heavy atom. The zero-order valence-corrected chi connectivity index (χ0v) is 8.61. The summed E-state index contributed by atoms with van der Waals surface area (Å²) in [6, 6.07) is 2.46. The number of ketones is 1. The fraction of sp³-hybridized carbons (Fsp3) is 0.818. The molecule has 0 spiro atoms. The smallest absolute Gasteiger partial charge is 0.133 e. The Morgan fingerprint density at radius 3 is 2.47 bits per heavy atom. The maximum absolute atomic E-state index is 11.2. The maximum atomic E-state index is 11.2. The first-order valence-electron chi connectivity index (χ1n) is 5.55. The van der Waals surface area contributed by atoms with Crippen molar-refractivity contribution in [3.63, 3.8) is 0 Å². The Bertz CT molecular complexity index is 327. The van der Waals surface area contributed by atoms with E-state index in [9.17, 15) is 10.1 Å². The van der Waals surface area contributed by atoms with E-state index in [0.29, 0.717) is 30.5 Å². The number of carbonyl (C=O) groups is 1. The molecule has 1 heterocycles. The predicted molar refractivity (Wildman–Crippen MR) is 52.0 cm³/mol. The molecular weight excluding hydrogens is 192 g/mol. The van der Waals surface area contributed by atoms with Gasteiger partial charge in [-0.3, -0.25) is 9.69 Å². The molecule has 0 aromatic rings. The van der Waals surface area contributed by atoms with Gasteiger partial charge in [-0.1, -0.05) is 0 Å². The van der Waals surface area contributed by atoms with Crippen molar-refractivity contribution in [2.45, 2.75) is 18.4 Å². The zero-order valence-electron chi connectivity index (χ0n) is 8.61. The molecule has 0 N–H and O–H groups in total. The van der Waals surface area contributed by atoms with E-state index in [0.717, 1.165) is 26.3 Å². The number of morpholine rings is 1. The van der Waals surface area contributed by atoms with Gasteiger partial charge in [-0.05, 0) is 0 Å². The van der Waals surface area contributed by atoms with Crippen LogP contribution in [-0.2, 0) is 9.53 Å². The van der Waals surface area contributed by atoms with Crippen molar-refractivity contribution >= 4 is 5.78 Å². The Labute approximate surface area is 88.8 Å². The molecule has 0 aromatic heterocycles. The van der Waals surface area contributed by atoms with Gasteiger partial charge in [0.15, 0.2) is 0 Å². The Morgan fingerprint density at radius 2 is 1.93 bits per heavy atom. The van der Waals surface area contributed by atoms with Crippen LogP contribution in [0.5, 0.6) is 0 Å². The molecule has 3 aliphatic rings. The van der Waals surface area contributed by atoms with Gasteiger partial charge in [0.05, 0.1) is 19.3 Å². The van der Waals surface area contributed by atoms with E-state index in [1.807, 2.05) is 0 Å². The second-order valence-corrected chi connectivity index (χ2v) is 4.70. The molecule has 1 aliphatic heterocycles. The predicted octanol–water partition coefficient (Wildman–Crippen LogP) is 0.190. The van der Waals surface area contributed by atoms with Crippen molar-refractivity contribution in [3.8, 4) is 6.07 Å². The number of hydrogen-bond donors (Lipinski definition) is 0. The van der Waals surface area contributed by atoms with Crippen molar-refractivity contribution < 1.29 is 9.53 Å². The quantitative estimate of drug-likeness (QED) is 0.614. The van der Waals surface area contributed by atoms with Gasteiger partial charge in [-0.15, -0.1) is 0 Å². The number of ether oxygens (including phenoxy) is 1. The highest BCUT2D eigenvalue weighted by atomic mass is 16.5. The lowest BCUT2D eigenvalue weighted by Gasteiger charge is -2.33. The molecule has 0 aromatic carbocycles. The van der Waals surface area contributed by atoms with Gasteiger partial charge < -0.3 is 4.74 Å². The van der Waals surface area contributed by atoms with Crippen LogP contribution in [0, 0.1) is 23.2 Å². The minimum atomic E-state index is -0.308. The summed E-state index contributed by atoms with van der Waals surface area (Å²) in [4.78, 5) is 13.5. The third-order valence-electron chi connectivity index (χ3n) is 4.12. The minimum Gasteiger partial charge on any atom is -0.379 e. The fourth-order valence-electron chi connectivity index (χ4n) is 3.33. The summed E-state index contributed by atoms with van der Waals surface area (Å²) in [6.07, 6.45) is 1.24. The summed E-state index contributed by atoms with van der Waals surface area (Å²) in [6.45, 7) is 3.12. The molecule has 2 aliphatic carbocycles. The summed E-state index contributed by atoms with van der Waals surface area (Å²) >= 11 is 0. The Balaban J connectivity index is 1.79. The number of nitriles is 1. The highest BCUT2D eigenvalue weighted by Gasteiger charge is 2.71. The highest BCUT2D eigenvalue weighted by molar-refractivity contribution is 5.84. The minimum absolute atomic E-state index is 0.308. The molecule has 0 amide bonds. The average Bonchev–Trinajstić information content (AvgIpc) is 2.67. The monoisotopic (exact) mass is 206 g/mol. The van der Waals surface area contributed by atoms with Crippen molar-refractivity contribution in [1.82, 2.24) is 4.90 Å². The van der Waals surface area contributed by atoms with Gasteiger partial charge in [0.25, 0.3) is 0 Å². The van der Waals surface area contributed by atoms with Crippen LogP contribution in [0.2, 0.25) is 0 Å². The first-order chi connectivity index (χ1) is 7.29. The molecule has 1 saturated heterocycles. The lowest BCUT2D eigenvalue weighted by molar-refractivity contribution is -0.119. The number of fused-ring (bicyclic) bond motifs is 1. The van der Waals surface area contributed by atoms with E-state index in [2.05, 4.69) is 11.0 Å². The molecule has 2 saturated carbocycles. The van der Waals surface area contributed by atoms with Gasteiger partial charge >= 0.3 is 0 Å². The average molecular weight is 206 g/mol. The molecule has 4 heteroatoms. The van der Waals surface area contributed by atoms with Gasteiger partial charge in [0.2, 0.25) is 0 Å². The van der Waals surface area contributed by atoms with Gasteiger partial charge in [0.1, 0.15) is 11.3 Å². The molecular formula is C11H14N2O2. The number of Topliss-reactive ketones (excluding diaryl/α,β-unsaturated/α-hetero) is 1. The summed E-state index contributed by atoms with van der Waals surface area (Å²) in [7, 11) is 0. The van der Waals surface area contributed by atoms with Crippen LogP contribution in [0.3, 0.4) is 0 Å². The first kappa shape index (κ1) is 9.32. The van der Waals surface area contributed by atoms with Crippen LogP contribution in [0.15, 0.2) is 0 Å². The molecule has 3 atom stereocenters. The molecule has 1 unspecified atom stereocenters. The number of rotatable bonds is 1. The topological polar surface area (TPSA) is 53.3 Å². The molecule has 0 radical (unpaired) electrons. The van der Waals surface area contributed by atoms with Crippen LogP contribution >= 0.6 is 0 Å². The molecule has 0 bridgehead atoms. The van der Waals surface area contributed by atoms with Gasteiger partial charge in [-0.25, -0.2) is 0 Å². The second-order valence-electron chi connectivity index (χ2n) is 4.70. The molecule has 80 valence electrons. The summed E-state index contributed by atoms with van der Waals surface area (Å²) in [5.41, 5.74) is -0.308. The number of nitrogens with zero attached hydrogens (tertiary/aromatic N) is 2. The highest BCUT2D eigenvalue weighted by Crippen LogP contribution is 2.62. The largest absolute Gasteiger partial charge is 0.379 e. The maximum Gasteiger partial charge on any atom is 0.133 e. The van der Waals surface area contributed by atoms with E-state index in [4.69, 9.17) is 4.74 Å². The van der Waals surface area contributed by atoms with Crippen LogP contribution in [-0.4, -0.2) is 42.5 Å². The third kappa shape index (κ3) is 1.11. The molecule has 4 nitrogen and oxygen atoms in total. The van der Waals surface area contributed by atoms with Gasteiger partial charge in [-0.2, -0.15) is 5.26 Å². The second kappa shape index (κ2) is 3.03. The SMILES string of the molecule is N#CC1(N2CCOCC2)[C@@H]2CC(=O)C[C@@H]21. The zero-order chi connectivity index (χ0) is 10.5. The van der Waals surface area contributed by atoms with Crippen LogP contribution in [0.4, 0.5) is 0 Å². The molecule has 3 rings (SSSR count). The summed E-state index contributed by atoms with van der Waals surface area (Å²) < 4.78 is 5.29. The normalized spacial score (nSPS) is 44.9. The van der Waals surface area contributed by atoms with E-state index < -0.39 is 0 Å². The van der Waals surface area contributed by atoms with Gasteiger partial charge in [0, 0.05) is 37.8 Å². The van der Waals surface area contributed by atoms with Crippen molar-refractivity contribution in [2.24, 2.45) is 11.8 Å². The Hall–Kier alpha value is -0.920. The van der Waals surface area contributed by atoms with Crippen molar-refractivity contribution in [2.75, 3.05) is 26.3 Å². The first-order valence-corrected chi connectivity index (χ1v) is 5.55. The lowest BCUT2D eigenvalue weighted by Crippen LogP contribution is -2.47. The van der Waals surface area contributed by atoms with E-state index in [1.165, 1.54) is 0 Å². The Kier molecular flexibility index (Phi) is 1.88. The standard InChI is InChI=1S/C11H14N2O2/c12-7-11(13-1-3-15-4-2-13)9-5-8(14)6-10(9)11/h9-10H,1-6H2/t9-,10+,11?. The summed E-state index contributed by atoms with van der Waals surface area (Å²) in [5.74, 6) is 0.963. The summed E-state index contributed by atoms with van der Waals surface area (Å²) in [5, 5.41) is 9.36. The lowest BCUT2D eigenvalue weighted by atomic mass is 10.0. The van der Waals surface area contributed by atoms with E-state index in [-0.39, 0.29) is 5.54 Å². The fourth-order valence-corrected chi connectivity index (χ4v) is 3.33. The molecule has 15 heavy (non-hydrogen) atoms. The molecule has 3 fully saturated rings. The van der Waals surface area contributed by atoms with Crippen LogP contribution < -0.4 is 0 Å². The van der Waals surface area contributed by atoms with Crippen LogP contribution in [0.25, 0.3) is 0 Å². The van der Waals surface area contributed by atoms with Crippen molar-refractivity contribution in [1.29, 1.82) is 5.26 Å². The van der Waals surface area contributed by atoms with Crippen molar-refractivity contribution in [3.05, 3.63) is 0 Å². The van der Waals surface area contributed by atoms with E-state index >= 15 is 0 Å². The number of hydrogen-bond acceptors (Lipinski definition) is 4. The third-order valence-corrected chi connectivity index (χ3v) is 4.12. The van der Waals surface area contributed by atoms with Crippen LogP contribution in [0.1, 0.15) is 12.8 Å². The van der Waals surface area contributed by atoms with E-state index in [1.54, 1.807) is 0 Å².